The van der Waals surface area contributed by atoms with Crippen molar-refractivity contribution in [1.82, 2.24) is 14.1 Å². The Morgan fingerprint density at radius 2 is 0.805 bits per heavy atom. The van der Waals surface area contributed by atoms with Crippen LogP contribution in [0.15, 0.2) is 304 Å². The summed E-state index contributed by atoms with van der Waals surface area (Å²) in [7, 11) is 0. The standard InChI is InChI=1S/C78H50N4/c1-3-19-51(20-4-1)53-38-43-57(44-39-53)80-70-33-14-10-27-63(70)76-72(80)35-17-36-73(76)82(74-37-15-28-61-60-25-9-13-32-69(60)81(77(61)74)58-45-40-54(41-46-58)52-21-5-2-6-22-52)71-34-16-31-68-75(71)62-26-8-12-30-66(62)78(68)65-29-11-7-24-59(65)64-49-55(42-47-67(64)78)56-23-18-48-79-50-56/h1-50H. The van der Waals surface area contributed by atoms with E-state index in [0.29, 0.717) is 0 Å². The molecule has 3 heterocycles. The summed E-state index contributed by atoms with van der Waals surface area (Å²) in [4.78, 5) is 7.15. The van der Waals surface area contributed by atoms with Crippen molar-refractivity contribution >= 4 is 60.7 Å². The fourth-order valence-electron chi connectivity index (χ4n) is 14.2. The largest absolute Gasteiger partial charge is 0.309 e. The monoisotopic (exact) mass is 1040 g/mol. The Balaban J connectivity index is 0.971. The first-order valence-corrected chi connectivity index (χ1v) is 28.3. The molecule has 3 aromatic heterocycles. The molecule has 1 spiro atoms. The van der Waals surface area contributed by atoms with Crippen molar-refractivity contribution in [2.45, 2.75) is 5.41 Å². The molecule has 82 heavy (non-hydrogen) atoms. The minimum Gasteiger partial charge on any atom is -0.309 e. The van der Waals surface area contributed by atoms with Crippen LogP contribution in [0.4, 0.5) is 17.1 Å². The van der Waals surface area contributed by atoms with E-state index in [1.165, 1.54) is 88.3 Å². The molecule has 0 amide bonds. The van der Waals surface area contributed by atoms with Gasteiger partial charge < -0.3 is 14.0 Å². The molecule has 0 bridgehead atoms. The highest BCUT2D eigenvalue weighted by Crippen LogP contribution is 2.65. The van der Waals surface area contributed by atoms with E-state index in [1.807, 2.05) is 18.5 Å². The molecule has 4 heteroatoms. The van der Waals surface area contributed by atoms with Gasteiger partial charge in [-0.25, -0.2) is 0 Å². The number of pyridine rings is 1. The summed E-state index contributed by atoms with van der Waals surface area (Å²) in [5.74, 6) is 0. The molecule has 0 fully saturated rings. The van der Waals surface area contributed by atoms with E-state index in [-0.39, 0.29) is 0 Å². The highest BCUT2D eigenvalue weighted by molar-refractivity contribution is 6.20. The third-order valence-corrected chi connectivity index (χ3v) is 17.6. The van der Waals surface area contributed by atoms with Gasteiger partial charge >= 0.3 is 0 Å². The zero-order valence-corrected chi connectivity index (χ0v) is 44.7. The predicted molar refractivity (Wildman–Crippen MR) is 340 cm³/mol. The lowest BCUT2D eigenvalue weighted by molar-refractivity contribution is 0.794. The highest BCUT2D eigenvalue weighted by atomic mass is 15.2. The topological polar surface area (TPSA) is 26.0 Å². The zero-order valence-electron chi connectivity index (χ0n) is 44.7. The number of anilines is 3. The lowest BCUT2D eigenvalue weighted by Crippen LogP contribution is -2.26. The van der Waals surface area contributed by atoms with E-state index in [0.717, 1.165) is 61.6 Å². The Hall–Kier alpha value is -10.8. The van der Waals surface area contributed by atoms with Gasteiger partial charge in [-0.05, 0) is 140 Å². The van der Waals surface area contributed by atoms with Crippen LogP contribution in [-0.2, 0) is 5.41 Å². The van der Waals surface area contributed by atoms with Gasteiger partial charge in [-0.1, -0.05) is 218 Å². The van der Waals surface area contributed by atoms with Gasteiger partial charge in [-0.15, -0.1) is 0 Å². The molecule has 0 radical (unpaired) electrons. The molecule has 0 saturated heterocycles. The van der Waals surface area contributed by atoms with E-state index in [1.54, 1.807) is 0 Å². The van der Waals surface area contributed by atoms with Crippen molar-refractivity contribution in [3.05, 3.63) is 326 Å². The number of aromatic nitrogens is 3. The number of hydrogen-bond donors (Lipinski definition) is 0. The molecule has 0 aliphatic heterocycles. The highest BCUT2D eigenvalue weighted by Gasteiger charge is 2.52. The van der Waals surface area contributed by atoms with E-state index in [4.69, 9.17) is 0 Å². The van der Waals surface area contributed by atoms with Crippen LogP contribution in [0.1, 0.15) is 22.3 Å². The summed E-state index contributed by atoms with van der Waals surface area (Å²) in [6.45, 7) is 0. The second kappa shape index (κ2) is 18.1. The van der Waals surface area contributed by atoms with Gasteiger partial charge in [0, 0.05) is 56.4 Å². The lowest BCUT2D eigenvalue weighted by Gasteiger charge is -2.32. The van der Waals surface area contributed by atoms with Crippen LogP contribution in [0.3, 0.4) is 0 Å². The van der Waals surface area contributed by atoms with Gasteiger partial charge in [0.05, 0.1) is 44.5 Å². The third-order valence-electron chi connectivity index (χ3n) is 17.6. The van der Waals surface area contributed by atoms with Crippen LogP contribution < -0.4 is 4.90 Å². The van der Waals surface area contributed by atoms with E-state index in [9.17, 15) is 0 Å². The van der Waals surface area contributed by atoms with Gasteiger partial charge in [0.15, 0.2) is 0 Å². The first-order valence-electron chi connectivity index (χ1n) is 28.3. The molecule has 4 nitrogen and oxygen atoms in total. The van der Waals surface area contributed by atoms with Gasteiger partial charge in [-0.2, -0.15) is 0 Å². The number of rotatable bonds is 8. The summed E-state index contributed by atoms with van der Waals surface area (Å²) >= 11 is 0. The van der Waals surface area contributed by atoms with Gasteiger partial charge in [0.2, 0.25) is 0 Å². The van der Waals surface area contributed by atoms with Crippen molar-refractivity contribution in [3.63, 3.8) is 0 Å². The maximum atomic E-state index is 4.53. The van der Waals surface area contributed by atoms with Gasteiger partial charge in [0.1, 0.15) is 0 Å². The van der Waals surface area contributed by atoms with E-state index in [2.05, 4.69) is 304 Å². The molecule has 2 aliphatic rings. The predicted octanol–water partition coefficient (Wildman–Crippen LogP) is 20.1. The van der Waals surface area contributed by atoms with Crippen LogP contribution in [0.25, 0.3) is 111 Å². The molecule has 15 aromatic rings. The van der Waals surface area contributed by atoms with Crippen LogP contribution in [0.5, 0.6) is 0 Å². The normalized spacial score (nSPS) is 13.9. The molecule has 2 aliphatic carbocycles. The van der Waals surface area contributed by atoms with Crippen molar-refractivity contribution in [3.8, 4) is 67.0 Å². The fourth-order valence-corrected chi connectivity index (χ4v) is 14.2. The number of hydrogen-bond acceptors (Lipinski definition) is 2. The number of nitrogens with zero attached hydrogens (tertiary/aromatic N) is 4. The summed E-state index contributed by atoms with van der Waals surface area (Å²) in [5.41, 5.74) is 26.6. The fraction of sp³-hybridized carbons (Fsp3) is 0.0128. The third kappa shape index (κ3) is 6.64. The van der Waals surface area contributed by atoms with Crippen molar-refractivity contribution in [2.24, 2.45) is 0 Å². The molecule has 0 N–H and O–H groups in total. The first kappa shape index (κ1) is 46.1. The smallest absolute Gasteiger partial charge is 0.0782 e. The van der Waals surface area contributed by atoms with Gasteiger partial charge in [0.25, 0.3) is 0 Å². The summed E-state index contributed by atoms with van der Waals surface area (Å²) in [5, 5.41) is 4.75. The Bertz CT molecular complexity index is 5020. The quantitative estimate of drug-likeness (QED) is 0.152. The number of fused-ring (bicyclic) bond motifs is 16. The average molecular weight is 1040 g/mol. The summed E-state index contributed by atoms with van der Waals surface area (Å²) in [6.07, 6.45) is 3.82. The van der Waals surface area contributed by atoms with Gasteiger partial charge in [-0.3, -0.25) is 4.98 Å². The lowest BCUT2D eigenvalue weighted by atomic mass is 9.70. The van der Waals surface area contributed by atoms with Crippen LogP contribution >= 0.6 is 0 Å². The molecule has 1 unspecified atom stereocenters. The van der Waals surface area contributed by atoms with E-state index < -0.39 is 5.41 Å². The number of para-hydroxylation sites is 3. The molecule has 12 aromatic carbocycles. The van der Waals surface area contributed by atoms with Crippen molar-refractivity contribution in [2.75, 3.05) is 4.90 Å². The van der Waals surface area contributed by atoms with Crippen LogP contribution in [0.2, 0.25) is 0 Å². The average Bonchev–Trinajstić information content (AvgIpc) is 1.70. The van der Waals surface area contributed by atoms with Crippen molar-refractivity contribution in [1.29, 1.82) is 0 Å². The maximum Gasteiger partial charge on any atom is 0.0782 e. The summed E-state index contributed by atoms with van der Waals surface area (Å²) in [6, 6.07) is 108. The Labute approximate surface area is 475 Å². The molecular weight excluding hydrogens is 993 g/mol. The minimum atomic E-state index is -0.595. The second-order valence-electron chi connectivity index (χ2n) is 21.8. The second-order valence-corrected chi connectivity index (χ2v) is 21.8. The molecule has 1 atom stereocenters. The molecular formula is C78H50N4. The molecule has 17 rings (SSSR count). The SMILES string of the molecule is c1ccc(-c2ccc(-n3c4ccccc4c4c(N(c5cccc6c5-c5ccccc5C65c6ccccc6-c6cc(-c7cccnc7)ccc65)c5cccc6c7ccccc7n(-c7ccc(-c8ccccc8)cc7)c56)cccc43)cc2)cc1. The Morgan fingerprint density at radius 1 is 0.305 bits per heavy atom. The van der Waals surface area contributed by atoms with Crippen LogP contribution in [0, 0.1) is 0 Å². The van der Waals surface area contributed by atoms with Crippen molar-refractivity contribution < 1.29 is 0 Å². The van der Waals surface area contributed by atoms with E-state index >= 15 is 0 Å². The summed E-state index contributed by atoms with van der Waals surface area (Å²) < 4.78 is 4.96. The maximum absolute atomic E-state index is 4.53. The van der Waals surface area contributed by atoms with Crippen LogP contribution in [-0.4, -0.2) is 14.1 Å². The Morgan fingerprint density at radius 3 is 1.52 bits per heavy atom. The Kier molecular flexibility index (Phi) is 10.2. The zero-order chi connectivity index (χ0) is 53.9. The minimum absolute atomic E-state index is 0.595. The first-order chi connectivity index (χ1) is 40.7. The molecule has 0 saturated carbocycles. The molecule has 382 valence electrons. The number of benzene rings is 12.